The van der Waals surface area contributed by atoms with E-state index in [1.54, 1.807) is 12.0 Å². The molecule has 0 saturated carbocycles. The first-order valence-corrected chi connectivity index (χ1v) is 4.94. The summed E-state index contributed by atoms with van der Waals surface area (Å²) in [7, 11) is 5.30. The number of methoxy groups -OCH3 is 1. The Hall–Kier alpha value is -1.59. The molecule has 0 aromatic heterocycles. The van der Waals surface area contributed by atoms with E-state index in [2.05, 4.69) is 4.99 Å². The summed E-state index contributed by atoms with van der Waals surface area (Å²) in [6.45, 7) is 0. The first-order chi connectivity index (χ1) is 7.54. The fourth-order valence-electron chi connectivity index (χ4n) is 1.09. The number of amidine groups is 1. The molecule has 0 heterocycles. The van der Waals surface area contributed by atoms with Crippen LogP contribution in [0.1, 0.15) is 5.56 Å². The Kier molecular flexibility index (Phi) is 4.28. The summed E-state index contributed by atoms with van der Waals surface area (Å²) in [5, 5.41) is 0. The number of nitrogens with zero attached hydrogens (tertiary/aromatic N) is 2. The van der Waals surface area contributed by atoms with Gasteiger partial charge < -0.3 is 10.5 Å². The lowest BCUT2D eigenvalue weighted by atomic mass is 10.2. The Morgan fingerprint density at radius 1 is 1.31 bits per heavy atom. The highest BCUT2D eigenvalue weighted by Crippen LogP contribution is 2.11. The van der Waals surface area contributed by atoms with E-state index in [0.717, 1.165) is 11.3 Å². The lowest BCUT2D eigenvalue weighted by Gasteiger charge is -2.15. The molecule has 0 amide bonds. The topological polar surface area (TPSA) is 76.9 Å². The normalized spacial score (nSPS) is 13.9. The van der Waals surface area contributed by atoms with Crippen LogP contribution < -0.4 is 16.2 Å². The second-order valence-electron chi connectivity index (χ2n) is 3.62. The van der Waals surface area contributed by atoms with Gasteiger partial charge in [0.05, 0.1) is 7.11 Å². The summed E-state index contributed by atoms with van der Waals surface area (Å²) < 4.78 is 5.05. The van der Waals surface area contributed by atoms with Crippen LogP contribution in [0.5, 0.6) is 5.75 Å². The first kappa shape index (κ1) is 12.5. The number of rotatable bonds is 4. The molecule has 0 aliphatic rings. The van der Waals surface area contributed by atoms with Gasteiger partial charge in [-0.15, -0.1) is 0 Å². The Bertz CT molecular complexity index is 359. The first-order valence-electron chi connectivity index (χ1n) is 4.94. The molecular weight excluding hydrogens is 204 g/mol. The van der Waals surface area contributed by atoms with Gasteiger partial charge in [-0.3, -0.25) is 10.6 Å². The van der Waals surface area contributed by atoms with E-state index in [-0.39, 0.29) is 0 Å². The van der Waals surface area contributed by atoms with E-state index in [1.807, 2.05) is 38.4 Å². The van der Waals surface area contributed by atoms with E-state index < -0.39 is 6.29 Å². The molecular formula is C11H18N4O. The third-order valence-corrected chi connectivity index (χ3v) is 2.19. The zero-order valence-corrected chi connectivity index (χ0v) is 9.84. The number of hydrogen-bond acceptors (Lipinski definition) is 4. The molecule has 0 spiro atoms. The third-order valence-electron chi connectivity index (χ3n) is 2.19. The largest absolute Gasteiger partial charge is 0.497 e. The molecule has 1 unspecified atom stereocenters. The maximum atomic E-state index is 5.83. The zero-order chi connectivity index (χ0) is 12.1. The average Bonchev–Trinajstić information content (AvgIpc) is 2.28. The smallest absolute Gasteiger partial charge is 0.155 e. The molecule has 0 aliphatic heterocycles. The molecule has 4 N–H and O–H groups in total. The van der Waals surface area contributed by atoms with Crippen molar-refractivity contribution in [3.05, 3.63) is 29.8 Å². The standard InChI is InChI=1S/C11H18N4O/c1-15(2)11(13)14-10(12)8-4-6-9(16-3)7-5-8/h4-7,11H,13H2,1-3H3,(H2,12,14). The highest BCUT2D eigenvalue weighted by molar-refractivity contribution is 5.97. The molecule has 0 fully saturated rings. The molecule has 1 atom stereocenters. The molecule has 16 heavy (non-hydrogen) atoms. The number of ether oxygens (including phenoxy) is 1. The Morgan fingerprint density at radius 3 is 2.31 bits per heavy atom. The number of hydrogen-bond donors (Lipinski definition) is 2. The van der Waals surface area contributed by atoms with Crippen molar-refractivity contribution in [2.45, 2.75) is 6.29 Å². The van der Waals surface area contributed by atoms with Crippen LogP contribution in [0.4, 0.5) is 0 Å². The average molecular weight is 222 g/mol. The van der Waals surface area contributed by atoms with Crippen LogP contribution in [-0.4, -0.2) is 38.2 Å². The second-order valence-corrected chi connectivity index (χ2v) is 3.62. The number of nitrogens with two attached hydrogens (primary N) is 2. The predicted octanol–water partition coefficient (Wildman–Crippen LogP) is 0.204. The quantitative estimate of drug-likeness (QED) is 0.433. The van der Waals surface area contributed by atoms with Crippen molar-refractivity contribution in [2.75, 3.05) is 21.2 Å². The van der Waals surface area contributed by atoms with Gasteiger partial charge in [0.25, 0.3) is 0 Å². The lowest BCUT2D eigenvalue weighted by molar-refractivity contribution is 0.310. The van der Waals surface area contributed by atoms with E-state index in [0.29, 0.717) is 5.84 Å². The molecule has 0 radical (unpaired) electrons. The molecule has 0 aliphatic carbocycles. The van der Waals surface area contributed by atoms with E-state index in [9.17, 15) is 0 Å². The maximum Gasteiger partial charge on any atom is 0.155 e. The van der Waals surface area contributed by atoms with Crippen molar-refractivity contribution in [3.8, 4) is 5.75 Å². The van der Waals surface area contributed by atoms with Crippen molar-refractivity contribution in [2.24, 2.45) is 16.5 Å². The Balaban J connectivity index is 2.83. The highest BCUT2D eigenvalue weighted by Gasteiger charge is 2.04. The molecule has 0 saturated heterocycles. The number of benzene rings is 1. The van der Waals surface area contributed by atoms with E-state index in [1.165, 1.54) is 0 Å². The second kappa shape index (κ2) is 5.48. The monoisotopic (exact) mass is 222 g/mol. The molecule has 0 bridgehead atoms. The van der Waals surface area contributed by atoms with Crippen LogP contribution in [0.15, 0.2) is 29.3 Å². The van der Waals surface area contributed by atoms with Gasteiger partial charge in [0.15, 0.2) is 6.29 Å². The van der Waals surface area contributed by atoms with Crippen LogP contribution in [-0.2, 0) is 0 Å². The molecule has 5 heteroatoms. The Labute approximate surface area is 95.7 Å². The minimum atomic E-state index is -0.429. The molecule has 1 rings (SSSR count). The van der Waals surface area contributed by atoms with Crippen molar-refractivity contribution < 1.29 is 4.74 Å². The summed E-state index contributed by atoms with van der Waals surface area (Å²) in [5.74, 6) is 1.21. The molecule has 5 nitrogen and oxygen atoms in total. The Morgan fingerprint density at radius 2 is 1.88 bits per heavy atom. The summed E-state index contributed by atoms with van der Waals surface area (Å²) in [5.41, 5.74) is 12.4. The molecule has 88 valence electrons. The predicted molar refractivity (Wildman–Crippen MR) is 65.4 cm³/mol. The van der Waals surface area contributed by atoms with E-state index >= 15 is 0 Å². The molecule has 1 aromatic rings. The fourth-order valence-corrected chi connectivity index (χ4v) is 1.09. The van der Waals surface area contributed by atoms with Gasteiger partial charge in [0.2, 0.25) is 0 Å². The fraction of sp³-hybridized carbons (Fsp3) is 0.364. The van der Waals surface area contributed by atoms with Gasteiger partial charge in [0, 0.05) is 5.56 Å². The minimum absolute atomic E-state index is 0.420. The van der Waals surface area contributed by atoms with Crippen molar-refractivity contribution >= 4 is 5.84 Å². The van der Waals surface area contributed by atoms with Gasteiger partial charge >= 0.3 is 0 Å². The SMILES string of the molecule is COc1ccc(/C(N)=N/C(N)N(C)C)cc1. The zero-order valence-electron chi connectivity index (χ0n) is 9.84. The van der Waals surface area contributed by atoms with Crippen LogP contribution in [0.25, 0.3) is 0 Å². The summed E-state index contributed by atoms with van der Waals surface area (Å²) >= 11 is 0. The summed E-state index contributed by atoms with van der Waals surface area (Å²) in [6.07, 6.45) is -0.429. The minimum Gasteiger partial charge on any atom is -0.497 e. The van der Waals surface area contributed by atoms with E-state index in [4.69, 9.17) is 16.2 Å². The van der Waals surface area contributed by atoms with Crippen molar-refractivity contribution in [3.63, 3.8) is 0 Å². The van der Waals surface area contributed by atoms with Crippen LogP contribution in [0.3, 0.4) is 0 Å². The van der Waals surface area contributed by atoms with Gasteiger partial charge in [-0.1, -0.05) is 0 Å². The third kappa shape index (κ3) is 3.22. The van der Waals surface area contributed by atoms with Crippen LogP contribution in [0, 0.1) is 0 Å². The maximum absolute atomic E-state index is 5.83. The van der Waals surface area contributed by atoms with Gasteiger partial charge in [0.1, 0.15) is 11.6 Å². The lowest BCUT2D eigenvalue weighted by Crippen LogP contribution is -2.36. The summed E-state index contributed by atoms with van der Waals surface area (Å²) in [6, 6.07) is 7.36. The van der Waals surface area contributed by atoms with Gasteiger partial charge in [-0.25, -0.2) is 4.99 Å². The summed E-state index contributed by atoms with van der Waals surface area (Å²) in [4.78, 5) is 5.93. The van der Waals surface area contributed by atoms with Crippen molar-refractivity contribution in [1.82, 2.24) is 4.90 Å². The van der Waals surface area contributed by atoms with Crippen LogP contribution >= 0.6 is 0 Å². The van der Waals surface area contributed by atoms with Gasteiger partial charge in [-0.2, -0.15) is 0 Å². The van der Waals surface area contributed by atoms with Gasteiger partial charge in [-0.05, 0) is 38.4 Å². The van der Waals surface area contributed by atoms with Crippen molar-refractivity contribution in [1.29, 1.82) is 0 Å². The van der Waals surface area contributed by atoms with Crippen LogP contribution in [0.2, 0.25) is 0 Å². The number of aliphatic imine (C=N–C) groups is 1. The molecule has 1 aromatic carbocycles. The highest BCUT2D eigenvalue weighted by atomic mass is 16.5.